The molecule has 3 heterocycles. The molecule has 0 spiro atoms. The first-order valence-electron chi connectivity index (χ1n) is 8.97. The van der Waals surface area contributed by atoms with Crippen molar-refractivity contribution in [1.29, 1.82) is 0 Å². The smallest absolute Gasteiger partial charge is 0.177 e. The normalized spacial score (nSPS) is 13.7. The van der Waals surface area contributed by atoms with Crippen LogP contribution in [0.4, 0.5) is 5.69 Å². The van der Waals surface area contributed by atoms with Crippen LogP contribution in [0.25, 0.3) is 11.1 Å². The summed E-state index contributed by atoms with van der Waals surface area (Å²) in [6, 6.07) is 4.78. The van der Waals surface area contributed by atoms with E-state index in [2.05, 4.69) is 22.1 Å². The molecular formula is C19H20ClN3O2S. The number of ether oxygens (including phenoxy) is 1. The van der Waals surface area contributed by atoms with Crippen LogP contribution < -0.4 is 11.1 Å². The number of nitrogens with two attached hydrogens (primary N) is 1. The highest BCUT2D eigenvalue weighted by Gasteiger charge is 2.20. The van der Waals surface area contributed by atoms with Crippen molar-refractivity contribution in [3.05, 3.63) is 44.9 Å². The molecule has 3 aromatic heterocycles. The fourth-order valence-corrected chi connectivity index (χ4v) is 3.44. The molecule has 0 aliphatic carbocycles. The Hall–Kier alpha value is -2.04. The van der Waals surface area contributed by atoms with Gasteiger partial charge in [-0.05, 0) is 18.4 Å². The summed E-state index contributed by atoms with van der Waals surface area (Å²) in [5.41, 5.74) is 8.29. The van der Waals surface area contributed by atoms with E-state index in [1.54, 1.807) is 24.3 Å². The minimum absolute atomic E-state index is 0.100. The molecule has 3 N–H and O–H groups in total. The third-order valence-electron chi connectivity index (χ3n) is 3.64. The van der Waals surface area contributed by atoms with Crippen molar-refractivity contribution < 1.29 is 11.9 Å². The van der Waals surface area contributed by atoms with Crippen molar-refractivity contribution in [2.24, 2.45) is 5.73 Å². The van der Waals surface area contributed by atoms with E-state index in [9.17, 15) is 0 Å². The Labute approximate surface area is 164 Å². The van der Waals surface area contributed by atoms with E-state index in [1.807, 2.05) is 17.5 Å². The lowest BCUT2D eigenvalue weighted by Gasteiger charge is -2.08. The van der Waals surface area contributed by atoms with Gasteiger partial charge in [0.15, 0.2) is 5.58 Å². The molecule has 0 radical (unpaired) electrons. The number of halogens is 1. The van der Waals surface area contributed by atoms with Crippen LogP contribution in [0, 0.1) is 11.8 Å². The first-order chi connectivity index (χ1) is 13.4. The number of hydrogen-bond donors (Lipinski definition) is 2. The van der Waals surface area contributed by atoms with E-state index in [0.717, 1.165) is 4.88 Å². The summed E-state index contributed by atoms with van der Waals surface area (Å²) in [6.07, 6.45) is 0.100. The quantitative estimate of drug-likeness (QED) is 0.469. The maximum Gasteiger partial charge on any atom is 0.177 e. The molecule has 3 aromatic rings. The predicted octanol–water partition coefficient (Wildman–Crippen LogP) is 4.04. The standard InChI is InChI=1S/C19H20ClN3O2S/c1-3-5-14-16(8-12(21)11-24-2)25-19-15(9-17(20)23-18(14)19)22-10-13-6-4-7-26-13/h4,6-7,9,12H,8,10-11,21H2,1-2H3,(H,22,23)/t12-/m1/s1/i11D2. The summed E-state index contributed by atoms with van der Waals surface area (Å²) in [5, 5.41) is 5.64. The van der Waals surface area contributed by atoms with Crippen molar-refractivity contribution in [3.8, 4) is 11.8 Å². The fourth-order valence-electron chi connectivity index (χ4n) is 2.60. The lowest BCUT2D eigenvalue weighted by Crippen LogP contribution is -2.28. The molecule has 0 aliphatic heterocycles. The third-order valence-corrected chi connectivity index (χ3v) is 4.71. The number of hydrogen-bond acceptors (Lipinski definition) is 6. The summed E-state index contributed by atoms with van der Waals surface area (Å²) in [4.78, 5) is 5.54. The van der Waals surface area contributed by atoms with E-state index < -0.39 is 12.6 Å². The highest BCUT2D eigenvalue weighted by molar-refractivity contribution is 7.09. The van der Waals surface area contributed by atoms with Crippen LogP contribution in [0.1, 0.15) is 25.9 Å². The first-order valence-corrected chi connectivity index (χ1v) is 9.23. The first kappa shape index (κ1) is 16.2. The van der Waals surface area contributed by atoms with Gasteiger partial charge in [-0.25, -0.2) is 4.98 Å². The van der Waals surface area contributed by atoms with Crippen LogP contribution in [0.5, 0.6) is 0 Å². The fraction of sp³-hybridized carbons (Fsp3) is 0.316. The van der Waals surface area contributed by atoms with Crippen LogP contribution in [0.15, 0.2) is 28.0 Å². The molecule has 7 heteroatoms. The van der Waals surface area contributed by atoms with Crippen LogP contribution in [-0.4, -0.2) is 24.7 Å². The number of nitrogens with zero attached hydrogens (tertiary/aromatic N) is 1. The minimum atomic E-state index is -2.00. The van der Waals surface area contributed by atoms with Crippen molar-refractivity contribution in [2.45, 2.75) is 25.9 Å². The predicted molar refractivity (Wildman–Crippen MR) is 107 cm³/mol. The van der Waals surface area contributed by atoms with E-state index in [1.165, 1.54) is 7.11 Å². The van der Waals surface area contributed by atoms with Gasteiger partial charge in [-0.2, -0.15) is 0 Å². The van der Waals surface area contributed by atoms with Gasteiger partial charge in [0.25, 0.3) is 0 Å². The van der Waals surface area contributed by atoms with Gasteiger partial charge in [0.2, 0.25) is 0 Å². The number of furan rings is 1. The zero-order valence-electron chi connectivity index (χ0n) is 16.4. The average Bonchev–Trinajstić information content (AvgIpc) is 3.29. The molecule has 0 fully saturated rings. The molecule has 0 saturated carbocycles. The molecule has 0 aliphatic rings. The summed E-state index contributed by atoms with van der Waals surface area (Å²) >= 11 is 7.87. The van der Waals surface area contributed by atoms with Gasteiger partial charge in [0.05, 0.1) is 20.6 Å². The molecule has 136 valence electrons. The summed E-state index contributed by atoms with van der Waals surface area (Å²) in [7, 11) is 1.28. The van der Waals surface area contributed by atoms with Gasteiger partial charge in [-0.15, -0.1) is 17.3 Å². The van der Waals surface area contributed by atoms with Crippen molar-refractivity contribution in [2.75, 3.05) is 19.0 Å². The topological polar surface area (TPSA) is 73.3 Å². The molecule has 3 rings (SSSR count). The van der Waals surface area contributed by atoms with E-state index in [-0.39, 0.29) is 6.42 Å². The molecule has 0 bridgehead atoms. The van der Waals surface area contributed by atoms with E-state index >= 15 is 0 Å². The molecule has 0 saturated heterocycles. The Morgan fingerprint density at radius 3 is 3.12 bits per heavy atom. The average molecular weight is 392 g/mol. The van der Waals surface area contributed by atoms with E-state index in [4.69, 9.17) is 29.2 Å². The maximum atomic E-state index is 7.85. The lowest BCUT2D eigenvalue weighted by molar-refractivity contribution is 0.178. The van der Waals surface area contributed by atoms with Crippen molar-refractivity contribution >= 4 is 39.7 Å². The SMILES string of the molecule is [2H]C([2H])(OC)[C@H](N)Cc1oc2c(NCc3cccs3)cc(Cl)nc2c1C#CC. The molecular weight excluding hydrogens is 370 g/mol. The highest BCUT2D eigenvalue weighted by Crippen LogP contribution is 2.33. The minimum Gasteiger partial charge on any atom is -0.456 e. The van der Waals surface area contributed by atoms with Crippen LogP contribution in [0.2, 0.25) is 5.15 Å². The number of methoxy groups -OCH3 is 1. The Morgan fingerprint density at radius 2 is 2.42 bits per heavy atom. The summed E-state index contributed by atoms with van der Waals surface area (Å²) in [6.45, 7) is 0.322. The molecule has 5 nitrogen and oxygen atoms in total. The van der Waals surface area contributed by atoms with E-state index in [0.29, 0.717) is 39.8 Å². The number of pyridine rings is 1. The van der Waals surface area contributed by atoms with Gasteiger partial charge in [0, 0.05) is 37.1 Å². The van der Waals surface area contributed by atoms with Gasteiger partial charge in [-0.3, -0.25) is 0 Å². The second kappa shape index (κ2) is 8.56. The Balaban J connectivity index is 2.03. The summed E-state index contributed by atoms with van der Waals surface area (Å²) < 4.78 is 26.6. The van der Waals surface area contributed by atoms with Crippen LogP contribution >= 0.6 is 22.9 Å². The van der Waals surface area contributed by atoms with Crippen molar-refractivity contribution in [3.63, 3.8) is 0 Å². The van der Waals surface area contributed by atoms with Gasteiger partial charge in [0.1, 0.15) is 16.4 Å². The van der Waals surface area contributed by atoms with Gasteiger partial charge >= 0.3 is 0 Å². The Bertz CT molecular complexity index is 1030. The zero-order valence-corrected chi connectivity index (χ0v) is 16.0. The number of thiophene rings is 1. The second-order valence-electron chi connectivity index (χ2n) is 5.51. The second-order valence-corrected chi connectivity index (χ2v) is 6.93. The zero-order chi connectivity index (χ0) is 20.3. The Morgan fingerprint density at radius 1 is 1.58 bits per heavy atom. The number of anilines is 1. The molecule has 0 amide bonds. The number of nitrogens with one attached hydrogen (secondary N) is 1. The molecule has 0 aromatic carbocycles. The van der Waals surface area contributed by atoms with Crippen molar-refractivity contribution in [1.82, 2.24) is 4.98 Å². The van der Waals surface area contributed by atoms with Gasteiger partial charge < -0.3 is 20.2 Å². The third kappa shape index (κ3) is 4.19. The van der Waals surface area contributed by atoms with Crippen LogP contribution in [0.3, 0.4) is 0 Å². The number of aromatic nitrogens is 1. The van der Waals surface area contributed by atoms with Gasteiger partial charge in [-0.1, -0.05) is 23.6 Å². The lowest BCUT2D eigenvalue weighted by atomic mass is 10.1. The maximum absolute atomic E-state index is 7.85. The molecule has 26 heavy (non-hydrogen) atoms. The Kier molecular flexibility index (Phi) is 5.32. The highest BCUT2D eigenvalue weighted by atomic mass is 35.5. The molecule has 1 atom stereocenters. The van der Waals surface area contributed by atoms with Crippen LogP contribution in [-0.2, 0) is 17.7 Å². The monoisotopic (exact) mass is 391 g/mol. The largest absolute Gasteiger partial charge is 0.456 e. The molecule has 0 unspecified atom stereocenters. The summed E-state index contributed by atoms with van der Waals surface area (Å²) in [5.74, 6) is 6.28. The number of rotatable bonds is 7. The number of fused-ring (bicyclic) bond motifs is 1.